The van der Waals surface area contributed by atoms with Crippen molar-refractivity contribution < 1.29 is 9.59 Å². The fourth-order valence-electron chi connectivity index (χ4n) is 3.52. The second-order valence-electron chi connectivity index (χ2n) is 7.42. The first-order chi connectivity index (χ1) is 13.5. The summed E-state index contributed by atoms with van der Waals surface area (Å²) in [5.74, 6) is -1.22. The summed E-state index contributed by atoms with van der Waals surface area (Å²) in [6, 6.07) is 16.0. The highest BCUT2D eigenvalue weighted by Crippen LogP contribution is 2.30. The van der Waals surface area contributed by atoms with Crippen LogP contribution in [0, 0.1) is 0 Å². The van der Waals surface area contributed by atoms with Gasteiger partial charge in [0.1, 0.15) is 0 Å². The van der Waals surface area contributed by atoms with E-state index in [9.17, 15) is 9.59 Å². The fraction of sp³-hybridized carbons (Fsp3) is 0.364. The maximum absolute atomic E-state index is 12.2. The molecule has 1 heterocycles. The second kappa shape index (κ2) is 8.89. The van der Waals surface area contributed by atoms with Crippen LogP contribution in [0.1, 0.15) is 22.7 Å². The standard InChI is InChI=1S/C22H28N4O2/c1-25(2)20(17-9-10-19-18(13-17)11-12-26(19)3)15-24-22(28)21(27)23-14-16-7-5-4-6-8-16/h4-10,13,20H,11-12,14-15H2,1-3H3,(H,23,27)(H,24,28)/t20-/m1/s1. The van der Waals surface area contributed by atoms with Gasteiger partial charge < -0.3 is 20.4 Å². The van der Waals surface area contributed by atoms with Gasteiger partial charge in [-0.1, -0.05) is 42.5 Å². The van der Waals surface area contributed by atoms with Crippen molar-refractivity contribution >= 4 is 17.5 Å². The van der Waals surface area contributed by atoms with E-state index in [1.807, 2.05) is 44.4 Å². The number of fused-ring (bicyclic) bond motifs is 1. The molecule has 2 aromatic carbocycles. The topological polar surface area (TPSA) is 64.7 Å². The van der Waals surface area contributed by atoms with E-state index in [0.717, 1.165) is 24.1 Å². The number of carbonyl (C=O) groups is 2. The predicted octanol–water partition coefficient (Wildman–Crippen LogP) is 1.71. The van der Waals surface area contributed by atoms with Gasteiger partial charge in [0, 0.05) is 32.4 Å². The van der Waals surface area contributed by atoms with Crippen LogP contribution in [0.25, 0.3) is 0 Å². The van der Waals surface area contributed by atoms with Gasteiger partial charge in [0.25, 0.3) is 0 Å². The van der Waals surface area contributed by atoms with Crippen molar-refractivity contribution in [2.45, 2.75) is 19.0 Å². The fourth-order valence-corrected chi connectivity index (χ4v) is 3.52. The Hall–Kier alpha value is -2.86. The van der Waals surface area contributed by atoms with Gasteiger partial charge in [0.15, 0.2) is 0 Å². The molecule has 0 saturated carbocycles. The molecule has 1 atom stereocenters. The van der Waals surface area contributed by atoms with Crippen LogP contribution in [0.5, 0.6) is 0 Å². The number of hydrogen-bond donors (Lipinski definition) is 2. The monoisotopic (exact) mass is 380 g/mol. The summed E-state index contributed by atoms with van der Waals surface area (Å²) < 4.78 is 0. The molecule has 2 N–H and O–H groups in total. The van der Waals surface area contributed by atoms with Crippen LogP contribution in [-0.4, -0.2) is 50.9 Å². The van der Waals surface area contributed by atoms with Crippen LogP contribution in [0.4, 0.5) is 5.69 Å². The maximum Gasteiger partial charge on any atom is 0.309 e. The lowest BCUT2D eigenvalue weighted by Crippen LogP contribution is -2.42. The molecule has 6 heteroatoms. The Morgan fingerprint density at radius 1 is 1.07 bits per heavy atom. The Labute approximate surface area is 166 Å². The molecule has 1 aliphatic heterocycles. The molecule has 0 unspecified atom stereocenters. The van der Waals surface area contributed by atoms with Gasteiger partial charge in [-0.3, -0.25) is 9.59 Å². The summed E-state index contributed by atoms with van der Waals surface area (Å²) in [5, 5.41) is 5.43. The molecule has 6 nitrogen and oxygen atoms in total. The van der Waals surface area contributed by atoms with Gasteiger partial charge in [-0.2, -0.15) is 0 Å². The molecule has 0 radical (unpaired) electrons. The number of anilines is 1. The number of nitrogens with one attached hydrogen (secondary N) is 2. The molecule has 0 saturated heterocycles. The molecular formula is C22H28N4O2. The Bertz CT molecular complexity index is 836. The van der Waals surface area contributed by atoms with E-state index in [-0.39, 0.29) is 6.04 Å². The van der Waals surface area contributed by atoms with Crippen molar-refractivity contribution in [3.63, 3.8) is 0 Å². The largest absolute Gasteiger partial charge is 0.374 e. The molecule has 2 amide bonds. The van der Waals surface area contributed by atoms with Gasteiger partial charge in [-0.05, 0) is 43.3 Å². The highest BCUT2D eigenvalue weighted by atomic mass is 16.2. The Kier molecular flexibility index (Phi) is 6.31. The Morgan fingerprint density at radius 2 is 1.79 bits per heavy atom. The number of amides is 2. The normalized spacial score (nSPS) is 13.9. The van der Waals surface area contributed by atoms with Crippen LogP contribution in [0.2, 0.25) is 0 Å². The highest BCUT2D eigenvalue weighted by Gasteiger charge is 2.22. The Morgan fingerprint density at radius 3 is 2.50 bits per heavy atom. The van der Waals surface area contributed by atoms with Gasteiger partial charge in [-0.15, -0.1) is 0 Å². The zero-order valence-corrected chi connectivity index (χ0v) is 16.7. The molecule has 1 aliphatic rings. The first-order valence-electron chi connectivity index (χ1n) is 9.56. The van der Waals surface area contributed by atoms with E-state index in [1.165, 1.54) is 11.3 Å². The molecule has 148 valence electrons. The van der Waals surface area contributed by atoms with E-state index in [4.69, 9.17) is 0 Å². The molecular weight excluding hydrogens is 352 g/mol. The number of rotatable bonds is 6. The van der Waals surface area contributed by atoms with Crippen molar-refractivity contribution in [1.82, 2.24) is 15.5 Å². The summed E-state index contributed by atoms with van der Waals surface area (Å²) in [6.45, 7) is 1.74. The van der Waals surface area contributed by atoms with E-state index >= 15 is 0 Å². The summed E-state index contributed by atoms with van der Waals surface area (Å²) >= 11 is 0. The van der Waals surface area contributed by atoms with Gasteiger partial charge in [-0.25, -0.2) is 0 Å². The van der Waals surface area contributed by atoms with Crippen molar-refractivity contribution in [3.05, 3.63) is 65.2 Å². The molecule has 0 aliphatic carbocycles. The lowest BCUT2D eigenvalue weighted by atomic mass is 10.0. The summed E-state index contributed by atoms with van der Waals surface area (Å²) in [7, 11) is 6.06. The minimum atomic E-state index is -0.614. The maximum atomic E-state index is 12.2. The smallest absolute Gasteiger partial charge is 0.309 e. The number of hydrogen-bond acceptors (Lipinski definition) is 4. The average molecular weight is 380 g/mol. The van der Waals surface area contributed by atoms with Crippen molar-refractivity contribution in [2.75, 3.05) is 39.1 Å². The van der Waals surface area contributed by atoms with Crippen LogP contribution < -0.4 is 15.5 Å². The zero-order chi connectivity index (χ0) is 20.1. The lowest BCUT2D eigenvalue weighted by Gasteiger charge is -2.26. The third-order valence-corrected chi connectivity index (χ3v) is 5.20. The molecule has 0 spiro atoms. The number of carbonyl (C=O) groups excluding carboxylic acids is 2. The lowest BCUT2D eigenvalue weighted by molar-refractivity contribution is -0.139. The molecule has 28 heavy (non-hydrogen) atoms. The van der Waals surface area contributed by atoms with Gasteiger partial charge in [0.05, 0.1) is 6.04 Å². The first-order valence-corrected chi connectivity index (χ1v) is 9.56. The molecule has 3 rings (SSSR count). The SMILES string of the molecule is CN1CCc2cc([C@@H](CNC(=O)C(=O)NCc3ccccc3)N(C)C)ccc21. The summed E-state index contributed by atoms with van der Waals surface area (Å²) in [5.41, 5.74) is 4.70. The van der Waals surface area contributed by atoms with Crippen molar-refractivity contribution in [2.24, 2.45) is 0 Å². The van der Waals surface area contributed by atoms with Crippen LogP contribution in [0.3, 0.4) is 0 Å². The highest BCUT2D eigenvalue weighted by molar-refractivity contribution is 6.35. The number of benzene rings is 2. The average Bonchev–Trinajstić information content (AvgIpc) is 3.07. The second-order valence-corrected chi connectivity index (χ2v) is 7.42. The minimum Gasteiger partial charge on any atom is -0.374 e. The third-order valence-electron chi connectivity index (χ3n) is 5.20. The molecule has 0 aromatic heterocycles. The summed E-state index contributed by atoms with van der Waals surface area (Å²) in [4.78, 5) is 28.6. The van der Waals surface area contributed by atoms with Crippen LogP contribution in [-0.2, 0) is 22.6 Å². The van der Waals surface area contributed by atoms with Crippen molar-refractivity contribution in [1.29, 1.82) is 0 Å². The Balaban J connectivity index is 1.57. The van der Waals surface area contributed by atoms with E-state index < -0.39 is 11.8 Å². The van der Waals surface area contributed by atoms with Crippen molar-refractivity contribution in [3.8, 4) is 0 Å². The van der Waals surface area contributed by atoms with E-state index in [1.54, 1.807) is 0 Å². The number of nitrogens with zero attached hydrogens (tertiary/aromatic N) is 2. The zero-order valence-electron chi connectivity index (χ0n) is 16.7. The molecule has 0 bridgehead atoms. The molecule has 0 fully saturated rings. The van der Waals surface area contributed by atoms with E-state index in [0.29, 0.717) is 13.1 Å². The number of likely N-dealkylation sites (N-methyl/N-ethyl adjacent to an activating group) is 2. The van der Waals surface area contributed by atoms with E-state index in [2.05, 4.69) is 45.7 Å². The predicted molar refractivity (Wildman–Crippen MR) is 111 cm³/mol. The van der Waals surface area contributed by atoms with Gasteiger partial charge >= 0.3 is 11.8 Å². The summed E-state index contributed by atoms with van der Waals surface area (Å²) in [6.07, 6.45) is 1.04. The van der Waals surface area contributed by atoms with Gasteiger partial charge in [0.2, 0.25) is 0 Å². The van der Waals surface area contributed by atoms with Crippen LogP contribution >= 0.6 is 0 Å². The third kappa shape index (κ3) is 4.70. The quantitative estimate of drug-likeness (QED) is 0.749. The van der Waals surface area contributed by atoms with Crippen LogP contribution in [0.15, 0.2) is 48.5 Å². The molecule has 2 aromatic rings. The minimum absolute atomic E-state index is 0.00193. The first kappa shape index (κ1) is 19.9.